The van der Waals surface area contributed by atoms with E-state index in [1.165, 1.54) is 19.2 Å². The number of benzene rings is 1. The number of carbonyl (C=O) groups is 2. The number of methoxy groups -OCH3 is 1. The fraction of sp³-hybridized carbons (Fsp3) is 0.467. The molecule has 0 radical (unpaired) electrons. The van der Waals surface area contributed by atoms with Crippen LogP contribution >= 0.6 is 0 Å². The van der Waals surface area contributed by atoms with Crippen LogP contribution in [0, 0.1) is 5.92 Å². The fourth-order valence-electron chi connectivity index (χ4n) is 1.91. The first kappa shape index (κ1) is 18.7. The number of hydrogen-bond acceptors (Lipinski definition) is 4. The molecule has 1 amide bonds. The van der Waals surface area contributed by atoms with Gasteiger partial charge in [-0.1, -0.05) is 20.3 Å². The Bertz CT molecular complexity index is 565. The minimum Gasteiger partial charge on any atom is -0.493 e. The third-order valence-electron chi connectivity index (χ3n) is 3.41. The van der Waals surface area contributed by atoms with Crippen LogP contribution < -0.4 is 14.8 Å². The molecule has 128 valence electrons. The van der Waals surface area contributed by atoms with Crippen LogP contribution in [0.15, 0.2) is 18.2 Å². The number of nitrogens with one attached hydrogen (secondary N) is 1. The molecule has 2 unspecified atom stereocenters. The largest absolute Gasteiger partial charge is 0.493 e. The van der Waals surface area contributed by atoms with Crippen LogP contribution in [0.5, 0.6) is 11.5 Å². The summed E-state index contributed by atoms with van der Waals surface area (Å²) in [5, 5.41) is 11.5. The van der Waals surface area contributed by atoms with Crippen LogP contribution in [0.2, 0.25) is 0 Å². The average Bonchev–Trinajstić information content (AvgIpc) is 2.50. The third kappa shape index (κ3) is 5.08. The molecule has 2 N–H and O–H groups in total. The zero-order chi connectivity index (χ0) is 17.6. The number of halogens is 2. The van der Waals surface area contributed by atoms with Gasteiger partial charge < -0.3 is 19.9 Å². The molecule has 0 saturated carbocycles. The highest BCUT2D eigenvalue weighted by Gasteiger charge is 2.26. The van der Waals surface area contributed by atoms with Crippen LogP contribution in [0.3, 0.4) is 0 Å². The molecule has 0 bridgehead atoms. The van der Waals surface area contributed by atoms with Gasteiger partial charge in [-0.3, -0.25) is 4.79 Å². The molecule has 0 aliphatic carbocycles. The predicted octanol–water partition coefficient (Wildman–Crippen LogP) is 2.53. The van der Waals surface area contributed by atoms with Crippen LogP contribution in [0.4, 0.5) is 8.78 Å². The number of aliphatic carboxylic acids is 1. The minimum absolute atomic E-state index is 0.00370. The Morgan fingerprint density at radius 1 is 1.30 bits per heavy atom. The van der Waals surface area contributed by atoms with E-state index in [0.717, 1.165) is 6.07 Å². The van der Waals surface area contributed by atoms with E-state index >= 15 is 0 Å². The Morgan fingerprint density at radius 2 is 1.96 bits per heavy atom. The van der Waals surface area contributed by atoms with Crippen molar-refractivity contribution in [3.63, 3.8) is 0 Å². The van der Waals surface area contributed by atoms with Crippen molar-refractivity contribution in [1.82, 2.24) is 5.32 Å². The molecule has 0 heterocycles. The van der Waals surface area contributed by atoms with Crippen LogP contribution in [0.1, 0.15) is 30.6 Å². The van der Waals surface area contributed by atoms with Gasteiger partial charge in [0.2, 0.25) is 0 Å². The lowest BCUT2D eigenvalue weighted by atomic mass is 9.99. The molecule has 8 heteroatoms. The quantitative estimate of drug-likeness (QED) is 0.764. The van der Waals surface area contributed by atoms with Crippen molar-refractivity contribution in [2.45, 2.75) is 32.9 Å². The molecular formula is C15H19F2NO5. The molecular weight excluding hydrogens is 312 g/mol. The van der Waals surface area contributed by atoms with Gasteiger partial charge >= 0.3 is 12.6 Å². The topological polar surface area (TPSA) is 84.9 Å². The Hall–Kier alpha value is -2.38. The summed E-state index contributed by atoms with van der Waals surface area (Å²) >= 11 is 0. The molecule has 1 aromatic rings. The molecule has 2 atom stereocenters. The van der Waals surface area contributed by atoms with Crippen molar-refractivity contribution in [1.29, 1.82) is 0 Å². The van der Waals surface area contributed by atoms with Gasteiger partial charge in [0.15, 0.2) is 11.5 Å². The summed E-state index contributed by atoms with van der Waals surface area (Å²) < 4.78 is 33.9. The second-order valence-corrected chi connectivity index (χ2v) is 4.92. The summed E-state index contributed by atoms with van der Waals surface area (Å²) in [7, 11) is 1.27. The van der Waals surface area contributed by atoms with Gasteiger partial charge in [0.25, 0.3) is 5.91 Å². The molecule has 0 aliphatic rings. The lowest BCUT2D eigenvalue weighted by Crippen LogP contribution is -2.45. The molecule has 0 aromatic heterocycles. The van der Waals surface area contributed by atoms with Gasteiger partial charge in [0, 0.05) is 5.56 Å². The highest BCUT2D eigenvalue weighted by Crippen LogP contribution is 2.29. The number of alkyl halides is 2. The molecule has 0 saturated heterocycles. The molecule has 0 spiro atoms. The summed E-state index contributed by atoms with van der Waals surface area (Å²) in [5.74, 6) is -2.40. The maximum Gasteiger partial charge on any atom is 0.387 e. The van der Waals surface area contributed by atoms with Crippen LogP contribution in [0.25, 0.3) is 0 Å². The molecule has 23 heavy (non-hydrogen) atoms. The van der Waals surface area contributed by atoms with Gasteiger partial charge in [-0.25, -0.2) is 4.79 Å². The van der Waals surface area contributed by atoms with E-state index in [4.69, 9.17) is 9.84 Å². The van der Waals surface area contributed by atoms with E-state index in [-0.39, 0.29) is 23.0 Å². The van der Waals surface area contributed by atoms with Crippen molar-refractivity contribution in [3.05, 3.63) is 23.8 Å². The lowest BCUT2D eigenvalue weighted by Gasteiger charge is -2.20. The summed E-state index contributed by atoms with van der Waals surface area (Å²) in [5.41, 5.74) is -0.00370. The SMILES string of the molecule is CCC(C)C(NC(=O)c1ccc(OC)c(OC(F)F)c1)C(=O)O. The number of carbonyl (C=O) groups excluding carboxylic acids is 1. The normalized spacial score (nSPS) is 13.3. The van der Waals surface area contributed by atoms with Gasteiger partial charge in [-0.2, -0.15) is 8.78 Å². The van der Waals surface area contributed by atoms with Crippen molar-refractivity contribution in [2.24, 2.45) is 5.92 Å². The summed E-state index contributed by atoms with van der Waals surface area (Å²) in [4.78, 5) is 23.4. The summed E-state index contributed by atoms with van der Waals surface area (Å²) in [6.07, 6.45) is 0.555. The number of carboxylic acid groups (broad SMARTS) is 1. The number of amides is 1. The maximum absolute atomic E-state index is 12.4. The molecule has 6 nitrogen and oxygen atoms in total. The van der Waals surface area contributed by atoms with Gasteiger partial charge in [0.1, 0.15) is 6.04 Å². The second-order valence-electron chi connectivity index (χ2n) is 4.92. The fourth-order valence-corrected chi connectivity index (χ4v) is 1.91. The lowest BCUT2D eigenvalue weighted by molar-refractivity contribution is -0.140. The Morgan fingerprint density at radius 3 is 2.43 bits per heavy atom. The highest BCUT2D eigenvalue weighted by molar-refractivity contribution is 5.97. The van der Waals surface area contributed by atoms with E-state index in [1.807, 2.05) is 0 Å². The Labute approximate surface area is 132 Å². The number of carboxylic acids is 1. The number of rotatable bonds is 8. The van der Waals surface area contributed by atoms with Crippen LogP contribution in [-0.2, 0) is 4.79 Å². The number of ether oxygens (including phenoxy) is 2. The Balaban J connectivity index is 3.01. The molecule has 0 aliphatic heterocycles. The third-order valence-corrected chi connectivity index (χ3v) is 3.41. The van der Waals surface area contributed by atoms with E-state index in [0.29, 0.717) is 6.42 Å². The molecule has 1 aromatic carbocycles. The van der Waals surface area contributed by atoms with Crippen molar-refractivity contribution < 1.29 is 33.0 Å². The van der Waals surface area contributed by atoms with Crippen molar-refractivity contribution in [3.8, 4) is 11.5 Å². The molecule has 1 rings (SSSR count). The standard InChI is InChI=1S/C15H19F2NO5/c1-4-8(2)12(14(20)21)18-13(19)9-5-6-10(22-3)11(7-9)23-15(16)17/h5-8,12,15H,4H2,1-3H3,(H,18,19)(H,20,21). The smallest absolute Gasteiger partial charge is 0.387 e. The first-order valence-corrected chi connectivity index (χ1v) is 6.96. The van der Waals surface area contributed by atoms with Gasteiger partial charge in [-0.15, -0.1) is 0 Å². The van der Waals surface area contributed by atoms with Crippen LogP contribution in [-0.4, -0.2) is 36.7 Å². The summed E-state index contributed by atoms with van der Waals surface area (Å²) in [6, 6.07) is 2.64. The molecule has 0 fully saturated rings. The van der Waals surface area contributed by atoms with E-state index in [2.05, 4.69) is 10.1 Å². The highest BCUT2D eigenvalue weighted by atomic mass is 19.3. The predicted molar refractivity (Wildman–Crippen MR) is 78.0 cm³/mol. The Kier molecular flexibility index (Phi) is 6.74. The van der Waals surface area contributed by atoms with E-state index in [9.17, 15) is 18.4 Å². The van der Waals surface area contributed by atoms with E-state index in [1.54, 1.807) is 13.8 Å². The number of hydrogen-bond donors (Lipinski definition) is 2. The van der Waals surface area contributed by atoms with Crippen molar-refractivity contribution in [2.75, 3.05) is 7.11 Å². The summed E-state index contributed by atoms with van der Waals surface area (Å²) in [6.45, 7) is 0.418. The van der Waals surface area contributed by atoms with Gasteiger partial charge in [-0.05, 0) is 24.1 Å². The van der Waals surface area contributed by atoms with Gasteiger partial charge in [0.05, 0.1) is 7.11 Å². The second kappa shape index (κ2) is 8.30. The first-order chi connectivity index (χ1) is 10.8. The van der Waals surface area contributed by atoms with Crippen molar-refractivity contribution >= 4 is 11.9 Å². The monoisotopic (exact) mass is 331 g/mol. The average molecular weight is 331 g/mol. The minimum atomic E-state index is -3.07. The van der Waals surface area contributed by atoms with E-state index < -0.39 is 24.5 Å². The maximum atomic E-state index is 12.4. The first-order valence-electron chi connectivity index (χ1n) is 6.96. The zero-order valence-corrected chi connectivity index (χ0v) is 13.0. The zero-order valence-electron chi connectivity index (χ0n) is 13.0.